The van der Waals surface area contributed by atoms with Crippen LogP contribution in [0.4, 0.5) is 0 Å². The van der Waals surface area contributed by atoms with E-state index in [2.05, 4.69) is 4.58 Å². The van der Waals surface area contributed by atoms with Crippen LogP contribution in [0.25, 0.3) is 0 Å². The van der Waals surface area contributed by atoms with E-state index in [-0.39, 0.29) is 17.5 Å². The normalized spacial score (nSPS) is 15.2. The van der Waals surface area contributed by atoms with Crippen LogP contribution >= 0.6 is 0 Å². The van der Waals surface area contributed by atoms with Gasteiger partial charge in [-0.15, -0.1) is 0 Å². The number of hydrogen-bond donors (Lipinski definition) is 0. The summed E-state index contributed by atoms with van der Waals surface area (Å²) < 4.78 is 3.62. The number of Topliss-reactive ketones (excluding diaryl/α,β-unsaturated/α-hetero) is 1. The summed E-state index contributed by atoms with van der Waals surface area (Å²) in [5.41, 5.74) is 0. The molecule has 52 valence electrons. The highest BCUT2D eigenvalue weighted by atomic mass is 17.1. The minimum Gasteiger partial charge on any atom is -0.463 e. The lowest BCUT2D eigenvalue weighted by Crippen LogP contribution is -2.20. The van der Waals surface area contributed by atoms with E-state index in [4.69, 9.17) is 0 Å². The molecule has 0 amide bonds. The summed E-state index contributed by atoms with van der Waals surface area (Å²) in [4.78, 5) is 10.5. The van der Waals surface area contributed by atoms with Gasteiger partial charge in [0.15, 0.2) is 0 Å². The third kappa shape index (κ3) is 2.26. The molecule has 3 nitrogen and oxygen atoms in total. The molecule has 0 spiro atoms. The molecule has 0 bridgehead atoms. The predicted molar refractivity (Wildman–Crippen MR) is 30.5 cm³/mol. The Morgan fingerprint density at radius 2 is 2.00 bits per heavy atom. The van der Waals surface area contributed by atoms with Crippen molar-refractivity contribution in [2.24, 2.45) is 5.92 Å². The topological polar surface area (TPSA) is 51.4 Å². The Morgan fingerprint density at radius 1 is 1.56 bits per heavy atom. The molecule has 0 aromatic heterocycles. The monoisotopic (exact) mass is 130 g/mol. The third-order valence-electron chi connectivity index (χ3n) is 1.35. The first-order valence-electron chi connectivity index (χ1n) is 2.73. The van der Waals surface area contributed by atoms with Crippen molar-refractivity contribution in [1.29, 1.82) is 0 Å². The van der Waals surface area contributed by atoms with Crippen molar-refractivity contribution in [3.05, 3.63) is 0 Å². The molecule has 0 saturated heterocycles. The largest absolute Gasteiger partial charge is 0.463 e. The second kappa shape index (κ2) is 3.22. The first kappa shape index (κ1) is 8.14. The molecule has 0 saturated carbocycles. The highest BCUT2D eigenvalue weighted by Crippen LogP contribution is 1.96. The Hall–Kier alpha value is -0.860. The van der Waals surface area contributed by atoms with Crippen molar-refractivity contribution < 1.29 is 14.6 Å². The quantitative estimate of drug-likeness (QED) is 0.221. The molecular weight excluding hydrogens is 120 g/mol. The maximum Gasteiger partial charge on any atom is 0.336 e. The Balaban J connectivity index is 4.04. The fourth-order valence-corrected chi connectivity index (χ4v) is 0.358. The standard InChI is InChI=1S/C6H10O3/c1-4(5(2)7)6(3)9-8/h4H,1-3H3. The Bertz CT molecular complexity index is 137. The van der Waals surface area contributed by atoms with Crippen LogP contribution in [0.3, 0.4) is 0 Å². The molecule has 0 fully saturated rings. The maximum atomic E-state index is 10.5. The van der Waals surface area contributed by atoms with Gasteiger partial charge in [-0.3, -0.25) is 4.79 Å². The third-order valence-corrected chi connectivity index (χ3v) is 1.35. The fraction of sp³-hybridized carbons (Fsp3) is 0.667. The molecule has 9 heavy (non-hydrogen) atoms. The Labute approximate surface area is 53.9 Å². The van der Waals surface area contributed by atoms with Crippen LogP contribution in [0.1, 0.15) is 20.8 Å². The first-order valence-corrected chi connectivity index (χ1v) is 2.73. The van der Waals surface area contributed by atoms with Gasteiger partial charge in [-0.2, -0.15) is 4.58 Å². The van der Waals surface area contributed by atoms with Crippen LogP contribution in [0.15, 0.2) is 0 Å². The lowest BCUT2D eigenvalue weighted by molar-refractivity contribution is -1.05. The van der Waals surface area contributed by atoms with Gasteiger partial charge < -0.3 is 5.26 Å². The molecule has 3 heteroatoms. The maximum absolute atomic E-state index is 10.5. The van der Waals surface area contributed by atoms with E-state index >= 15 is 0 Å². The summed E-state index contributed by atoms with van der Waals surface area (Å²) in [7, 11) is 0. The van der Waals surface area contributed by atoms with Gasteiger partial charge in [-0.1, -0.05) is 0 Å². The average molecular weight is 130 g/mol. The zero-order chi connectivity index (χ0) is 7.44. The molecule has 0 heterocycles. The minimum atomic E-state index is -0.373. The second-order valence-corrected chi connectivity index (χ2v) is 2.03. The first-order chi connectivity index (χ1) is 4.09. The van der Waals surface area contributed by atoms with Gasteiger partial charge in [-0.05, 0) is 13.8 Å². The number of carbonyl (C=O) groups excluding carboxylic acids is 2. The molecule has 0 aliphatic rings. The lowest BCUT2D eigenvalue weighted by Gasteiger charge is -1.94. The summed E-state index contributed by atoms with van der Waals surface area (Å²) in [6.07, 6.45) is 0. The van der Waals surface area contributed by atoms with Gasteiger partial charge in [0.2, 0.25) is 0 Å². The van der Waals surface area contributed by atoms with Gasteiger partial charge >= 0.3 is 5.78 Å². The zero-order valence-electron chi connectivity index (χ0n) is 5.80. The zero-order valence-corrected chi connectivity index (χ0v) is 5.80. The summed E-state index contributed by atoms with van der Waals surface area (Å²) in [6, 6.07) is 0. The SMILES string of the molecule is CC(=O)C(C)C(C)=[O+][O-]. The van der Waals surface area contributed by atoms with E-state index < -0.39 is 0 Å². The molecule has 0 radical (unpaired) electrons. The summed E-state index contributed by atoms with van der Waals surface area (Å²) in [5.74, 6) is -0.201. The molecular formula is C6H10O3. The Morgan fingerprint density at radius 3 is 2.11 bits per heavy atom. The van der Waals surface area contributed by atoms with E-state index in [1.807, 2.05) is 0 Å². The van der Waals surface area contributed by atoms with Gasteiger partial charge in [0.25, 0.3) is 0 Å². The average Bonchev–Trinajstić information content (AvgIpc) is 1.84. The highest BCUT2D eigenvalue weighted by Gasteiger charge is 2.19. The molecule has 0 aliphatic heterocycles. The van der Waals surface area contributed by atoms with Gasteiger partial charge in [0.1, 0.15) is 11.7 Å². The summed E-state index contributed by atoms with van der Waals surface area (Å²) >= 11 is 0. The molecule has 0 N–H and O–H groups in total. The van der Waals surface area contributed by atoms with Crippen LogP contribution in [0.5, 0.6) is 0 Å². The van der Waals surface area contributed by atoms with Gasteiger partial charge in [0.05, 0.1) is 6.92 Å². The molecule has 0 aromatic carbocycles. The number of ketones is 2. The van der Waals surface area contributed by atoms with Crippen LogP contribution in [0, 0.1) is 5.92 Å². The number of carbonyl (C=O) groups is 1. The highest BCUT2D eigenvalue weighted by molar-refractivity contribution is 5.99. The van der Waals surface area contributed by atoms with Crippen molar-refractivity contribution in [2.75, 3.05) is 0 Å². The minimum absolute atomic E-state index is 0.0525. The number of rotatable bonds is 2. The number of hydrogen-bond acceptors (Lipinski definition) is 2. The summed E-state index contributed by atoms with van der Waals surface area (Å²) in [5, 5.41) is 9.69. The fourth-order valence-electron chi connectivity index (χ4n) is 0.358. The molecule has 0 aliphatic carbocycles. The smallest absolute Gasteiger partial charge is 0.336 e. The Kier molecular flexibility index (Phi) is 2.91. The van der Waals surface area contributed by atoms with Crippen LogP contribution < -0.4 is 5.26 Å². The van der Waals surface area contributed by atoms with Crippen LogP contribution in [-0.2, 0) is 9.37 Å². The van der Waals surface area contributed by atoms with Crippen molar-refractivity contribution >= 4 is 11.6 Å². The van der Waals surface area contributed by atoms with Crippen molar-refractivity contribution in [1.82, 2.24) is 0 Å². The molecule has 0 rings (SSSR count). The van der Waals surface area contributed by atoms with E-state index in [1.165, 1.54) is 13.8 Å². The van der Waals surface area contributed by atoms with E-state index in [0.29, 0.717) is 0 Å². The molecule has 0 aromatic rings. The lowest BCUT2D eigenvalue weighted by atomic mass is 10.0. The van der Waals surface area contributed by atoms with Crippen LogP contribution in [0.2, 0.25) is 0 Å². The van der Waals surface area contributed by atoms with Crippen molar-refractivity contribution in [3.8, 4) is 0 Å². The molecule has 1 unspecified atom stereocenters. The van der Waals surface area contributed by atoms with E-state index in [1.54, 1.807) is 6.92 Å². The van der Waals surface area contributed by atoms with Crippen LogP contribution in [-0.4, -0.2) is 11.6 Å². The summed E-state index contributed by atoms with van der Waals surface area (Å²) in [6.45, 7) is 4.56. The molecule has 1 atom stereocenters. The predicted octanol–water partition coefficient (Wildman–Crippen LogP) is -0.389. The van der Waals surface area contributed by atoms with Crippen molar-refractivity contribution in [3.63, 3.8) is 0 Å². The van der Waals surface area contributed by atoms with E-state index in [9.17, 15) is 10.1 Å². The van der Waals surface area contributed by atoms with Gasteiger partial charge in [0, 0.05) is 0 Å². The van der Waals surface area contributed by atoms with Gasteiger partial charge in [-0.25, -0.2) is 0 Å². The van der Waals surface area contributed by atoms with Crippen molar-refractivity contribution in [2.45, 2.75) is 20.8 Å². The second-order valence-electron chi connectivity index (χ2n) is 2.03. The van der Waals surface area contributed by atoms with E-state index in [0.717, 1.165) is 0 Å².